The Labute approximate surface area is 141 Å². The monoisotopic (exact) mass is 347 g/mol. The van der Waals surface area contributed by atoms with Gasteiger partial charge in [0.15, 0.2) is 6.29 Å². The molecule has 0 aliphatic carbocycles. The average molecular weight is 347 g/mol. The van der Waals surface area contributed by atoms with Crippen LogP contribution in [0.5, 0.6) is 0 Å². The van der Waals surface area contributed by atoms with Gasteiger partial charge in [-0.25, -0.2) is 0 Å². The summed E-state index contributed by atoms with van der Waals surface area (Å²) in [6.45, 7) is 1.45. The van der Waals surface area contributed by atoms with E-state index >= 15 is 0 Å². The molecule has 3 fully saturated rings. The molecule has 0 aromatic heterocycles. The molecule has 9 nitrogen and oxygen atoms in total. The second-order valence-corrected chi connectivity index (χ2v) is 6.22. The van der Waals surface area contributed by atoms with E-state index in [1.807, 2.05) is 0 Å². The van der Waals surface area contributed by atoms with Crippen molar-refractivity contribution in [2.45, 2.75) is 62.4 Å². The number of fused-ring (bicyclic) bond motifs is 6. The second-order valence-electron chi connectivity index (χ2n) is 6.22. The number of unbranched alkanes of at least 4 members (excludes halogenated alkanes) is 1. The molecule has 6 atom stereocenters. The van der Waals surface area contributed by atoms with E-state index in [0.29, 0.717) is 32.6 Å². The molecule has 3 rings (SSSR count). The fraction of sp³-hybridized carbons (Fsp3) is 0.933. The van der Waals surface area contributed by atoms with E-state index in [0.717, 1.165) is 12.8 Å². The van der Waals surface area contributed by atoms with Crippen LogP contribution in [0, 0.1) is 0 Å². The Balaban J connectivity index is 1.87. The molecular weight excluding hydrogens is 318 g/mol. The number of carbonyl (C=O) groups is 1. The average Bonchev–Trinajstić information content (AvgIpc) is 2.71. The van der Waals surface area contributed by atoms with E-state index in [-0.39, 0.29) is 12.5 Å². The summed E-state index contributed by atoms with van der Waals surface area (Å²) in [5.41, 5.74) is 11.3. The van der Waals surface area contributed by atoms with Crippen molar-refractivity contribution < 1.29 is 29.2 Å². The summed E-state index contributed by atoms with van der Waals surface area (Å²) in [5, 5.41) is 22.9. The van der Waals surface area contributed by atoms with Gasteiger partial charge in [-0.3, -0.25) is 4.79 Å². The maximum Gasteiger partial charge on any atom is 0.237 e. The number of nitrogens with one attached hydrogen (secondary N) is 1. The van der Waals surface area contributed by atoms with Crippen molar-refractivity contribution in [1.29, 1.82) is 0 Å². The third kappa shape index (κ3) is 5.09. The highest BCUT2D eigenvalue weighted by atomic mass is 16.7. The molecule has 3 aliphatic heterocycles. The van der Waals surface area contributed by atoms with E-state index in [9.17, 15) is 15.0 Å². The van der Waals surface area contributed by atoms with Crippen molar-refractivity contribution in [3.05, 3.63) is 0 Å². The van der Waals surface area contributed by atoms with Crippen LogP contribution in [0.1, 0.15) is 25.7 Å². The van der Waals surface area contributed by atoms with Crippen molar-refractivity contribution >= 4 is 5.91 Å². The lowest BCUT2D eigenvalue weighted by atomic mass is 9.98. The molecule has 7 N–H and O–H groups in total. The number of ether oxygens (including phenoxy) is 3. The summed E-state index contributed by atoms with van der Waals surface area (Å²) in [7, 11) is 0. The van der Waals surface area contributed by atoms with Gasteiger partial charge in [-0.1, -0.05) is 6.42 Å². The van der Waals surface area contributed by atoms with Gasteiger partial charge in [0.1, 0.15) is 24.4 Å². The number of aliphatic hydroxyl groups is 2. The maximum absolute atomic E-state index is 12.0. The third-order valence-corrected chi connectivity index (χ3v) is 4.31. The molecule has 0 radical (unpaired) electrons. The van der Waals surface area contributed by atoms with Crippen molar-refractivity contribution in [3.63, 3.8) is 0 Å². The highest BCUT2D eigenvalue weighted by molar-refractivity contribution is 5.81. The Morgan fingerprint density at radius 3 is 2.71 bits per heavy atom. The molecule has 140 valence electrons. The minimum atomic E-state index is -1.18. The van der Waals surface area contributed by atoms with Crippen LogP contribution >= 0.6 is 0 Å². The van der Waals surface area contributed by atoms with Gasteiger partial charge in [0.2, 0.25) is 5.91 Å². The summed E-state index contributed by atoms with van der Waals surface area (Å²) in [4.78, 5) is 12.0. The molecule has 24 heavy (non-hydrogen) atoms. The topological polar surface area (TPSA) is 149 Å². The SMILES string of the molecule is NCCCC[C@@H](N)C(=O)NCC1OC2OCCCOC1C(O)C2O. The zero-order chi connectivity index (χ0) is 17.5. The van der Waals surface area contributed by atoms with Crippen LogP contribution in [0.25, 0.3) is 0 Å². The molecule has 0 spiro atoms. The Hall–Kier alpha value is -0.810. The fourth-order valence-corrected chi connectivity index (χ4v) is 2.86. The molecule has 0 aromatic carbocycles. The highest BCUT2D eigenvalue weighted by Crippen LogP contribution is 2.25. The molecule has 0 saturated carbocycles. The van der Waals surface area contributed by atoms with E-state index in [1.54, 1.807) is 0 Å². The number of nitrogens with two attached hydrogens (primary N) is 2. The molecule has 9 heteroatoms. The first kappa shape index (κ1) is 19.5. The van der Waals surface area contributed by atoms with Gasteiger partial charge in [-0.2, -0.15) is 0 Å². The lowest BCUT2D eigenvalue weighted by Crippen LogP contribution is -2.61. The quantitative estimate of drug-likeness (QED) is 0.326. The number of amides is 1. The Morgan fingerprint density at radius 1 is 1.21 bits per heavy atom. The van der Waals surface area contributed by atoms with Crippen molar-refractivity contribution in [1.82, 2.24) is 5.32 Å². The fourth-order valence-electron chi connectivity index (χ4n) is 2.86. The number of hydrogen-bond donors (Lipinski definition) is 5. The summed E-state index contributed by atoms with van der Waals surface area (Å²) < 4.78 is 16.7. The van der Waals surface area contributed by atoms with Crippen LogP contribution in [0.3, 0.4) is 0 Å². The molecule has 1 amide bonds. The smallest absolute Gasteiger partial charge is 0.237 e. The first-order chi connectivity index (χ1) is 11.5. The predicted octanol–water partition coefficient (Wildman–Crippen LogP) is -2.19. The zero-order valence-corrected chi connectivity index (χ0v) is 13.8. The number of carbonyl (C=O) groups excluding carboxylic acids is 1. The van der Waals surface area contributed by atoms with Crippen LogP contribution in [0.4, 0.5) is 0 Å². The number of rotatable bonds is 7. The van der Waals surface area contributed by atoms with Gasteiger partial charge in [0.05, 0.1) is 12.6 Å². The summed E-state index contributed by atoms with van der Waals surface area (Å²) >= 11 is 0. The summed E-state index contributed by atoms with van der Waals surface area (Å²) in [6.07, 6.45) is -1.79. The van der Waals surface area contributed by atoms with Gasteiger partial charge in [-0.05, 0) is 25.8 Å². The van der Waals surface area contributed by atoms with Crippen LogP contribution in [-0.4, -0.2) is 79.2 Å². The van der Waals surface area contributed by atoms with Gasteiger partial charge in [0.25, 0.3) is 0 Å². The highest BCUT2D eigenvalue weighted by Gasteiger charge is 2.46. The van der Waals surface area contributed by atoms with Crippen molar-refractivity contribution in [2.75, 3.05) is 26.3 Å². The number of hydrogen-bond acceptors (Lipinski definition) is 8. The molecule has 5 unspecified atom stereocenters. The minimum Gasteiger partial charge on any atom is -0.387 e. The van der Waals surface area contributed by atoms with E-state index < -0.39 is 36.7 Å². The van der Waals surface area contributed by atoms with Crippen LogP contribution in [-0.2, 0) is 19.0 Å². The Kier molecular flexibility index (Phi) is 7.82. The maximum atomic E-state index is 12.0. The Bertz CT molecular complexity index is 397. The normalized spacial score (nSPS) is 34.9. The van der Waals surface area contributed by atoms with Gasteiger partial charge >= 0.3 is 0 Å². The summed E-state index contributed by atoms with van der Waals surface area (Å²) in [6, 6.07) is -0.613. The van der Waals surface area contributed by atoms with Gasteiger partial charge < -0.3 is 41.2 Å². The van der Waals surface area contributed by atoms with Gasteiger partial charge in [0, 0.05) is 13.2 Å². The van der Waals surface area contributed by atoms with Crippen molar-refractivity contribution in [3.8, 4) is 0 Å². The molecule has 2 bridgehead atoms. The molecule has 3 saturated heterocycles. The largest absolute Gasteiger partial charge is 0.387 e. The Morgan fingerprint density at radius 2 is 1.96 bits per heavy atom. The number of aliphatic hydroxyl groups excluding tert-OH is 2. The van der Waals surface area contributed by atoms with Crippen LogP contribution < -0.4 is 16.8 Å². The molecule has 0 aromatic rings. The van der Waals surface area contributed by atoms with E-state index in [2.05, 4.69) is 5.32 Å². The van der Waals surface area contributed by atoms with Crippen LogP contribution in [0.2, 0.25) is 0 Å². The second kappa shape index (κ2) is 9.62. The lowest BCUT2D eigenvalue weighted by Gasteiger charge is -2.41. The molecule has 3 aliphatic rings. The van der Waals surface area contributed by atoms with Gasteiger partial charge in [-0.15, -0.1) is 0 Å². The lowest BCUT2D eigenvalue weighted by molar-refractivity contribution is -0.292. The van der Waals surface area contributed by atoms with Crippen molar-refractivity contribution in [2.24, 2.45) is 11.5 Å². The zero-order valence-electron chi connectivity index (χ0n) is 13.8. The standard InChI is InChI=1S/C15H29N3O6/c16-5-2-1-4-9(17)14(21)18-8-10-13-11(19)12(20)15(24-10)23-7-3-6-22-13/h9-13,15,19-20H,1-8,16-17H2,(H,18,21)/t9-,10?,11?,12?,13?,15?/m1/s1. The van der Waals surface area contributed by atoms with E-state index in [1.165, 1.54) is 0 Å². The molecule has 3 heterocycles. The van der Waals surface area contributed by atoms with Crippen LogP contribution in [0.15, 0.2) is 0 Å². The minimum absolute atomic E-state index is 0.123. The molecular formula is C15H29N3O6. The summed E-state index contributed by atoms with van der Waals surface area (Å²) in [5.74, 6) is -0.290. The third-order valence-electron chi connectivity index (χ3n) is 4.31. The predicted molar refractivity (Wildman–Crippen MR) is 84.9 cm³/mol. The first-order valence-corrected chi connectivity index (χ1v) is 8.52. The first-order valence-electron chi connectivity index (χ1n) is 8.52. The van der Waals surface area contributed by atoms with E-state index in [4.69, 9.17) is 25.7 Å².